The summed E-state index contributed by atoms with van der Waals surface area (Å²) in [5.41, 5.74) is 2.31. The van der Waals surface area contributed by atoms with Gasteiger partial charge < -0.3 is 14.0 Å². The maximum Gasteiger partial charge on any atom is 0.325 e. The monoisotopic (exact) mass is 384 g/mol. The average Bonchev–Trinajstić information content (AvgIpc) is 2.98. The standard InChI is InChI=1S/C20H20N2O4S/c1-4-26-16-8-6-5-7-14(16)19(24)21-20-22(12-18(23)25-3)15-10-9-13(2)11-17(15)27-20/h5-11H,4,12H2,1-3H3. The third-order valence-electron chi connectivity index (χ3n) is 3.97. The molecule has 27 heavy (non-hydrogen) atoms. The number of aryl methyl sites for hydroxylation is 1. The minimum atomic E-state index is -0.416. The Bertz CT molecular complexity index is 1070. The maximum absolute atomic E-state index is 12.8. The maximum atomic E-state index is 12.8. The van der Waals surface area contributed by atoms with Crippen LogP contribution < -0.4 is 9.54 Å². The highest BCUT2D eigenvalue weighted by Gasteiger charge is 2.15. The van der Waals surface area contributed by atoms with Crippen LogP contribution in [-0.2, 0) is 16.1 Å². The minimum Gasteiger partial charge on any atom is -0.493 e. The lowest BCUT2D eigenvalue weighted by Crippen LogP contribution is -2.22. The quantitative estimate of drug-likeness (QED) is 0.633. The molecule has 140 valence electrons. The van der Waals surface area contributed by atoms with Crippen molar-refractivity contribution in [3.8, 4) is 5.75 Å². The second kappa shape index (κ2) is 8.18. The normalized spacial score (nSPS) is 11.6. The van der Waals surface area contributed by atoms with Crippen LogP contribution in [0.3, 0.4) is 0 Å². The fraction of sp³-hybridized carbons (Fsp3) is 0.250. The predicted molar refractivity (Wildman–Crippen MR) is 104 cm³/mol. The van der Waals surface area contributed by atoms with Gasteiger partial charge in [0.1, 0.15) is 12.3 Å². The number of methoxy groups -OCH3 is 1. The summed E-state index contributed by atoms with van der Waals surface area (Å²) in [5, 5.41) is 0. The number of amides is 1. The molecule has 0 spiro atoms. The second-order valence-corrected chi connectivity index (χ2v) is 6.87. The van der Waals surface area contributed by atoms with Crippen LogP contribution in [0.1, 0.15) is 22.8 Å². The van der Waals surface area contributed by atoms with Gasteiger partial charge in [-0.1, -0.05) is 29.5 Å². The number of ether oxygens (including phenoxy) is 2. The summed E-state index contributed by atoms with van der Waals surface area (Å²) in [6.07, 6.45) is 0. The van der Waals surface area contributed by atoms with Gasteiger partial charge in [-0.2, -0.15) is 4.99 Å². The second-order valence-electron chi connectivity index (χ2n) is 5.86. The number of rotatable bonds is 5. The van der Waals surface area contributed by atoms with E-state index in [2.05, 4.69) is 4.99 Å². The molecule has 2 aromatic carbocycles. The van der Waals surface area contributed by atoms with Crippen LogP contribution in [-0.4, -0.2) is 30.2 Å². The molecule has 1 amide bonds. The number of hydrogen-bond donors (Lipinski definition) is 0. The van der Waals surface area contributed by atoms with Gasteiger partial charge in [0.25, 0.3) is 5.91 Å². The van der Waals surface area contributed by atoms with E-state index in [1.165, 1.54) is 18.4 Å². The Balaban J connectivity index is 2.13. The lowest BCUT2D eigenvalue weighted by Gasteiger charge is -2.07. The molecule has 3 rings (SSSR count). The molecule has 0 bridgehead atoms. The average molecular weight is 384 g/mol. The summed E-state index contributed by atoms with van der Waals surface area (Å²) in [6.45, 7) is 4.29. The molecule has 0 aliphatic rings. The Morgan fingerprint density at radius 1 is 1.19 bits per heavy atom. The third kappa shape index (κ3) is 4.09. The molecule has 3 aromatic rings. The van der Waals surface area contributed by atoms with Gasteiger partial charge in [0.15, 0.2) is 4.80 Å². The number of carbonyl (C=O) groups is 2. The highest BCUT2D eigenvalue weighted by Crippen LogP contribution is 2.21. The molecule has 7 heteroatoms. The van der Waals surface area contributed by atoms with Gasteiger partial charge in [-0.05, 0) is 43.7 Å². The SMILES string of the molecule is CCOc1ccccc1C(=O)N=c1sc2cc(C)ccc2n1CC(=O)OC. The van der Waals surface area contributed by atoms with Crippen molar-refractivity contribution in [3.05, 3.63) is 58.4 Å². The van der Waals surface area contributed by atoms with Crippen LogP contribution in [0.15, 0.2) is 47.5 Å². The van der Waals surface area contributed by atoms with Crippen LogP contribution in [0.2, 0.25) is 0 Å². The highest BCUT2D eigenvalue weighted by atomic mass is 32.1. The Kier molecular flexibility index (Phi) is 5.71. The van der Waals surface area contributed by atoms with Gasteiger partial charge in [0.2, 0.25) is 0 Å². The summed E-state index contributed by atoms with van der Waals surface area (Å²) >= 11 is 1.36. The number of carbonyl (C=O) groups excluding carboxylic acids is 2. The Morgan fingerprint density at radius 2 is 1.96 bits per heavy atom. The third-order valence-corrected chi connectivity index (χ3v) is 5.01. The molecule has 6 nitrogen and oxygen atoms in total. The molecule has 0 N–H and O–H groups in total. The zero-order chi connectivity index (χ0) is 19.4. The molecular weight excluding hydrogens is 364 g/mol. The molecule has 0 radical (unpaired) electrons. The van der Waals surface area contributed by atoms with Crippen LogP contribution in [0.25, 0.3) is 10.2 Å². The minimum absolute atomic E-state index is 0.0151. The molecule has 0 aliphatic carbocycles. The topological polar surface area (TPSA) is 69.9 Å². The summed E-state index contributed by atoms with van der Waals surface area (Å²) in [7, 11) is 1.34. The fourth-order valence-corrected chi connectivity index (χ4v) is 3.81. The lowest BCUT2D eigenvalue weighted by molar-refractivity contribution is -0.141. The first-order chi connectivity index (χ1) is 13.0. The van der Waals surface area contributed by atoms with Crippen molar-refractivity contribution in [1.29, 1.82) is 0 Å². The van der Waals surface area contributed by atoms with E-state index in [0.717, 1.165) is 15.8 Å². The van der Waals surface area contributed by atoms with Crippen molar-refractivity contribution in [1.82, 2.24) is 4.57 Å². The van der Waals surface area contributed by atoms with Gasteiger partial charge in [-0.25, -0.2) is 0 Å². The van der Waals surface area contributed by atoms with E-state index in [4.69, 9.17) is 9.47 Å². The largest absolute Gasteiger partial charge is 0.493 e. The van der Waals surface area contributed by atoms with E-state index in [9.17, 15) is 9.59 Å². The van der Waals surface area contributed by atoms with Gasteiger partial charge in [0, 0.05) is 0 Å². The van der Waals surface area contributed by atoms with Gasteiger partial charge >= 0.3 is 5.97 Å². The summed E-state index contributed by atoms with van der Waals surface area (Å²) in [6, 6.07) is 12.9. The number of para-hydroxylation sites is 1. The van der Waals surface area contributed by atoms with E-state index >= 15 is 0 Å². The fourth-order valence-electron chi connectivity index (χ4n) is 2.68. The zero-order valence-electron chi connectivity index (χ0n) is 15.4. The first-order valence-corrected chi connectivity index (χ1v) is 9.32. The summed E-state index contributed by atoms with van der Waals surface area (Å²) in [4.78, 5) is 29.4. The first-order valence-electron chi connectivity index (χ1n) is 8.51. The number of benzene rings is 2. The smallest absolute Gasteiger partial charge is 0.325 e. The number of esters is 1. The van der Waals surface area contributed by atoms with Crippen molar-refractivity contribution in [2.75, 3.05) is 13.7 Å². The lowest BCUT2D eigenvalue weighted by atomic mass is 10.2. The van der Waals surface area contributed by atoms with Gasteiger partial charge in [0.05, 0.1) is 29.5 Å². The Morgan fingerprint density at radius 3 is 2.70 bits per heavy atom. The van der Waals surface area contributed by atoms with E-state index < -0.39 is 11.9 Å². The molecule has 1 aromatic heterocycles. The van der Waals surface area contributed by atoms with Crippen LogP contribution in [0.5, 0.6) is 5.75 Å². The Hall–Kier alpha value is -2.93. The molecule has 1 heterocycles. The van der Waals surface area contributed by atoms with Crippen molar-refractivity contribution in [3.63, 3.8) is 0 Å². The summed E-state index contributed by atoms with van der Waals surface area (Å²) < 4.78 is 13.0. The number of nitrogens with zero attached hydrogens (tertiary/aromatic N) is 2. The van der Waals surface area contributed by atoms with E-state index in [0.29, 0.717) is 22.7 Å². The van der Waals surface area contributed by atoms with E-state index in [-0.39, 0.29) is 6.54 Å². The number of aromatic nitrogens is 1. The number of fused-ring (bicyclic) bond motifs is 1. The number of thiazole rings is 1. The molecule has 0 saturated heterocycles. The first kappa shape index (κ1) is 18.8. The predicted octanol–water partition coefficient (Wildman–Crippen LogP) is 3.32. The van der Waals surface area contributed by atoms with Crippen molar-refractivity contribution < 1.29 is 19.1 Å². The zero-order valence-corrected chi connectivity index (χ0v) is 16.2. The summed E-state index contributed by atoms with van der Waals surface area (Å²) in [5.74, 6) is -0.329. The van der Waals surface area contributed by atoms with E-state index in [1.54, 1.807) is 28.8 Å². The van der Waals surface area contributed by atoms with E-state index in [1.807, 2.05) is 32.0 Å². The van der Waals surface area contributed by atoms with Gasteiger partial charge in [-0.15, -0.1) is 0 Å². The number of hydrogen-bond acceptors (Lipinski definition) is 5. The molecule has 0 atom stereocenters. The van der Waals surface area contributed by atoms with Crippen LogP contribution in [0, 0.1) is 6.92 Å². The Labute approximate surface area is 160 Å². The van der Waals surface area contributed by atoms with Gasteiger partial charge in [-0.3, -0.25) is 9.59 Å². The molecule has 0 unspecified atom stereocenters. The highest BCUT2D eigenvalue weighted by molar-refractivity contribution is 7.16. The molecule has 0 aliphatic heterocycles. The van der Waals surface area contributed by atoms with Crippen molar-refractivity contribution in [2.45, 2.75) is 20.4 Å². The van der Waals surface area contributed by atoms with Crippen LogP contribution >= 0.6 is 11.3 Å². The van der Waals surface area contributed by atoms with Crippen molar-refractivity contribution >= 4 is 33.4 Å². The molecule has 0 fully saturated rings. The van der Waals surface area contributed by atoms with Crippen LogP contribution in [0.4, 0.5) is 0 Å². The molecular formula is C20H20N2O4S. The molecule has 0 saturated carbocycles. The van der Waals surface area contributed by atoms with Crippen molar-refractivity contribution in [2.24, 2.45) is 4.99 Å².